The highest BCUT2D eigenvalue weighted by atomic mass is 79.9. The summed E-state index contributed by atoms with van der Waals surface area (Å²) in [7, 11) is 0. The maximum atomic E-state index is 3.71. The summed E-state index contributed by atoms with van der Waals surface area (Å²) in [6, 6.07) is 8.23. The largest absolute Gasteiger partial charge is 0.355 e. The molecule has 0 aliphatic carbocycles. The molecule has 1 aromatic heterocycles. The van der Waals surface area contributed by atoms with Crippen LogP contribution in [0, 0.1) is 0 Å². The van der Waals surface area contributed by atoms with E-state index in [1.807, 2.05) is 18.2 Å². The molecule has 0 spiro atoms. The van der Waals surface area contributed by atoms with Gasteiger partial charge in [-0.1, -0.05) is 22.5 Å². The summed E-state index contributed by atoms with van der Waals surface area (Å²) in [6.07, 6.45) is 1.81. The maximum Gasteiger partial charge on any atom is 0.0459 e. The van der Waals surface area contributed by atoms with Gasteiger partial charge in [0, 0.05) is 21.1 Å². The lowest BCUT2D eigenvalue weighted by atomic mass is 10.2. The quantitative estimate of drug-likeness (QED) is 0.759. The molecule has 0 aliphatic heterocycles. The second-order valence-electron chi connectivity index (χ2n) is 2.66. The molecule has 0 atom stereocenters. The molecule has 2 aromatic rings. The van der Waals surface area contributed by atoms with E-state index in [0.717, 1.165) is 15.7 Å². The zero-order chi connectivity index (χ0) is 8.55. The number of H-pyrrole nitrogens is 1. The highest BCUT2D eigenvalue weighted by molar-refractivity contribution is 9.10. The molecule has 0 saturated carbocycles. The Labute approximate surface area is 79.2 Å². The first-order valence-corrected chi connectivity index (χ1v) is 4.49. The highest BCUT2D eigenvalue weighted by Gasteiger charge is 1.97. The Hall–Kier alpha value is -1.02. The topological polar surface area (TPSA) is 15.8 Å². The molecule has 1 N–H and O–H groups in total. The van der Waals surface area contributed by atoms with Crippen LogP contribution in [-0.2, 0) is 0 Å². The van der Waals surface area contributed by atoms with Gasteiger partial charge in [0.25, 0.3) is 0 Å². The summed E-state index contributed by atoms with van der Waals surface area (Å²) in [4.78, 5) is 3.23. The smallest absolute Gasteiger partial charge is 0.0459 e. The summed E-state index contributed by atoms with van der Waals surface area (Å²) in [5.74, 6) is 0. The van der Waals surface area contributed by atoms with Crippen molar-refractivity contribution in [3.05, 3.63) is 41.0 Å². The van der Waals surface area contributed by atoms with E-state index in [0.29, 0.717) is 0 Å². The fourth-order valence-corrected chi connectivity index (χ4v) is 1.61. The average Bonchev–Trinajstić information content (AvgIpc) is 2.46. The molecule has 60 valence electrons. The van der Waals surface area contributed by atoms with Crippen LogP contribution in [0.2, 0.25) is 0 Å². The Kier molecular flexibility index (Phi) is 1.77. The van der Waals surface area contributed by atoms with Gasteiger partial charge in [-0.15, -0.1) is 0 Å². The molecule has 0 radical (unpaired) electrons. The van der Waals surface area contributed by atoms with E-state index < -0.39 is 0 Å². The number of aromatic amines is 1. The molecule has 2 rings (SSSR count). The SMILES string of the molecule is C=Cc1cc2cc(Br)ccc2[nH]1. The molecule has 1 heterocycles. The minimum absolute atomic E-state index is 1.06. The second kappa shape index (κ2) is 2.79. The molecule has 0 saturated heterocycles. The van der Waals surface area contributed by atoms with Gasteiger partial charge in [-0.2, -0.15) is 0 Å². The predicted molar refractivity (Wildman–Crippen MR) is 56.1 cm³/mol. The van der Waals surface area contributed by atoms with Crippen molar-refractivity contribution in [3.63, 3.8) is 0 Å². The van der Waals surface area contributed by atoms with Gasteiger partial charge in [-0.3, -0.25) is 0 Å². The third-order valence-electron chi connectivity index (χ3n) is 1.82. The van der Waals surface area contributed by atoms with Gasteiger partial charge in [0.2, 0.25) is 0 Å². The molecule has 12 heavy (non-hydrogen) atoms. The second-order valence-corrected chi connectivity index (χ2v) is 3.58. The van der Waals surface area contributed by atoms with Crippen molar-refractivity contribution in [2.45, 2.75) is 0 Å². The zero-order valence-corrected chi connectivity index (χ0v) is 8.06. The van der Waals surface area contributed by atoms with Crippen LogP contribution in [0.3, 0.4) is 0 Å². The lowest BCUT2D eigenvalue weighted by molar-refractivity contribution is 1.43. The number of halogens is 1. The van der Waals surface area contributed by atoms with Crippen molar-refractivity contribution in [2.24, 2.45) is 0 Å². The Bertz CT molecular complexity index is 428. The van der Waals surface area contributed by atoms with E-state index in [4.69, 9.17) is 0 Å². The van der Waals surface area contributed by atoms with E-state index in [1.165, 1.54) is 5.39 Å². The summed E-state index contributed by atoms with van der Waals surface area (Å²) in [6.45, 7) is 3.71. The van der Waals surface area contributed by atoms with Crippen LogP contribution >= 0.6 is 15.9 Å². The van der Waals surface area contributed by atoms with Gasteiger partial charge >= 0.3 is 0 Å². The lowest BCUT2D eigenvalue weighted by Crippen LogP contribution is -1.67. The number of hydrogen-bond donors (Lipinski definition) is 1. The molecule has 0 amide bonds. The summed E-state index contributed by atoms with van der Waals surface area (Å²) in [5, 5.41) is 1.21. The highest BCUT2D eigenvalue weighted by Crippen LogP contribution is 2.20. The molecule has 2 heteroatoms. The molecule has 1 aromatic carbocycles. The number of aromatic nitrogens is 1. The average molecular weight is 222 g/mol. The van der Waals surface area contributed by atoms with Crippen molar-refractivity contribution < 1.29 is 0 Å². The number of hydrogen-bond acceptors (Lipinski definition) is 0. The third kappa shape index (κ3) is 1.18. The predicted octanol–water partition coefficient (Wildman–Crippen LogP) is 3.57. The van der Waals surface area contributed by atoms with Crippen LogP contribution < -0.4 is 0 Å². The number of benzene rings is 1. The first-order chi connectivity index (χ1) is 5.79. The Balaban J connectivity index is 2.75. The summed E-state index contributed by atoms with van der Waals surface area (Å²) in [5.41, 5.74) is 2.20. The normalized spacial score (nSPS) is 10.4. The van der Waals surface area contributed by atoms with Crippen molar-refractivity contribution in [3.8, 4) is 0 Å². The van der Waals surface area contributed by atoms with Crippen LogP contribution in [0.15, 0.2) is 35.3 Å². The molecule has 0 fully saturated rings. The molecular formula is C10H8BrN. The fourth-order valence-electron chi connectivity index (χ4n) is 1.24. The monoisotopic (exact) mass is 221 g/mol. The Morgan fingerprint density at radius 1 is 1.33 bits per heavy atom. The Morgan fingerprint density at radius 3 is 2.92 bits per heavy atom. The van der Waals surface area contributed by atoms with Gasteiger partial charge in [-0.05, 0) is 30.3 Å². The minimum atomic E-state index is 1.06. The van der Waals surface area contributed by atoms with Crippen LogP contribution in [0.5, 0.6) is 0 Å². The van der Waals surface area contributed by atoms with Gasteiger partial charge in [-0.25, -0.2) is 0 Å². The fraction of sp³-hybridized carbons (Fsp3) is 0. The van der Waals surface area contributed by atoms with E-state index in [9.17, 15) is 0 Å². The molecule has 0 bridgehead atoms. The van der Waals surface area contributed by atoms with Gasteiger partial charge in [0.15, 0.2) is 0 Å². The van der Waals surface area contributed by atoms with Crippen LogP contribution in [0.4, 0.5) is 0 Å². The number of rotatable bonds is 1. The van der Waals surface area contributed by atoms with Gasteiger partial charge in [0.1, 0.15) is 0 Å². The molecular weight excluding hydrogens is 214 g/mol. The lowest BCUT2D eigenvalue weighted by Gasteiger charge is -1.89. The van der Waals surface area contributed by atoms with Crippen molar-refractivity contribution in [2.75, 3.05) is 0 Å². The van der Waals surface area contributed by atoms with Crippen molar-refractivity contribution in [1.29, 1.82) is 0 Å². The van der Waals surface area contributed by atoms with E-state index in [2.05, 4.69) is 39.6 Å². The maximum absolute atomic E-state index is 3.71. The number of nitrogens with one attached hydrogen (secondary N) is 1. The van der Waals surface area contributed by atoms with Crippen molar-refractivity contribution in [1.82, 2.24) is 4.98 Å². The van der Waals surface area contributed by atoms with Crippen LogP contribution in [-0.4, -0.2) is 4.98 Å². The van der Waals surface area contributed by atoms with Crippen molar-refractivity contribution >= 4 is 32.9 Å². The Morgan fingerprint density at radius 2 is 2.17 bits per heavy atom. The van der Waals surface area contributed by atoms with E-state index in [-0.39, 0.29) is 0 Å². The van der Waals surface area contributed by atoms with Crippen LogP contribution in [0.1, 0.15) is 5.69 Å². The van der Waals surface area contributed by atoms with E-state index >= 15 is 0 Å². The standard InChI is InChI=1S/C10H8BrN/c1-2-9-6-7-5-8(11)3-4-10(7)12-9/h2-6,12H,1H2. The first kappa shape index (κ1) is 7.62. The zero-order valence-electron chi connectivity index (χ0n) is 6.47. The van der Waals surface area contributed by atoms with Gasteiger partial charge < -0.3 is 4.98 Å². The molecule has 0 aliphatic rings. The summed E-state index contributed by atoms with van der Waals surface area (Å²) >= 11 is 3.42. The van der Waals surface area contributed by atoms with Gasteiger partial charge in [0.05, 0.1) is 0 Å². The summed E-state index contributed by atoms with van der Waals surface area (Å²) < 4.78 is 1.10. The molecule has 1 nitrogen and oxygen atoms in total. The molecule has 0 unspecified atom stereocenters. The third-order valence-corrected chi connectivity index (χ3v) is 2.32. The number of fused-ring (bicyclic) bond motifs is 1. The first-order valence-electron chi connectivity index (χ1n) is 3.70. The van der Waals surface area contributed by atoms with E-state index in [1.54, 1.807) is 0 Å². The minimum Gasteiger partial charge on any atom is -0.355 e. The van der Waals surface area contributed by atoms with Crippen LogP contribution in [0.25, 0.3) is 17.0 Å².